The number of hydrogen-bond acceptors (Lipinski definition) is 4. The van der Waals surface area contributed by atoms with E-state index in [0.717, 1.165) is 25.9 Å². The Morgan fingerprint density at radius 2 is 2.32 bits per heavy atom. The molecule has 1 atom stereocenters. The van der Waals surface area contributed by atoms with E-state index in [4.69, 9.17) is 0 Å². The second kappa shape index (κ2) is 5.85. The third-order valence-corrected chi connectivity index (χ3v) is 4.89. The number of rotatable bonds is 4. The Morgan fingerprint density at radius 3 is 3.00 bits per heavy atom. The molecule has 1 unspecified atom stereocenters. The van der Waals surface area contributed by atoms with Crippen LogP contribution in [0.1, 0.15) is 19.8 Å². The Kier molecular flexibility index (Phi) is 4.38. The fourth-order valence-electron chi connectivity index (χ4n) is 2.33. The fraction of sp³-hybridized carbons (Fsp3) is 0.583. The van der Waals surface area contributed by atoms with Crippen LogP contribution in [0.4, 0.5) is 0 Å². The zero-order valence-electron chi connectivity index (χ0n) is 10.9. The summed E-state index contributed by atoms with van der Waals surface area (Å²) in [5.41, 5.74) is -0.491. The molecule has 2 rings (SSSR count). The number of piperidine rings is 1. The molecular formula is C12H19N3O3S. The number of likely N-dealkylation sites (tertiary alicyclic amines) is 1. The highest BCUT2D eigenvalue weighted by atomic mass is 32.2. The van der Waals surface area contributed by atoms with Gasteiger partial charge in [0.2, 0.25) is 15.5 Å². The first-order valence-electron chi connectivity index (χ1n) is 6.44. The molecule has 1 fully saturated rings. The third kappa shape index (κ3) is 3.43. The van der Waals surface area contributed by atoms with Crippen molar-refractivity contribution < 1.29 is 8.42 Å². The molecule has 0 radical (unpaired) electrons. The maximum absolute atomic E-state index is 12.2. The summed E-state index contributed by atoms with van der Waals surface area (Å²) in [6, 6.07) is 1.09. The molecule has 0 saturated carbocycles. The van der Waals surface area contributed by atoms with Crippen LogP contribution >= 0.6 is 0 Å². The van der Waals surface area contributed by atoms with Crippen LogP contribution in [-0.4, -0.2) is 44.0 Å². The first-order chi connectivity index (χ1) is 9.03. The number of hydrogen-bond donors (Lipinski definition) is 2. The van der Waals surface area contributed by atoms with Gasteiger partial charge in [0.1, 0.15) is 4.90 Å². The van der Waals surface area contributed by atoms with E-state index in [0.29, 0.717) is 6.54 Å². The van der Waals surface area contributed by atoms with Gasteiger partial charge in [0.15, 0.2) is 0 Å². The van der Waals surface area contributed by atoms with Crippen LogP contribution < -0.4 is 10.2 Å². The molecule has 19 heavy (non-hydrogen) atoms. The van der Waals surface area contributed by atoms with Crippen LogP contribution in [-0.2, 0) is 10.0 Å². The smallest absolute Gasteiger partial charge is 0.246 e. The second-order valence-corrected chi connectivity index (χ2v) is 6.41. The van der Waals surface area contributed by atoms with Crippen LogP contribution in [0.3, 0.4) is 0 Å². The first kappa shape index (κ1) is 14.2. The molecule has 6 nitrogen and oxygen atoms in total. The standard InChI is InChI=1S/C12H19N3O3S/c1-2-15-7-3-4-10(9-15)14-19(17,18)12-8-13-6-5-11(12)16/h5-6,8,10,14H,2-4,7,9H2,1H3,(H,13,16). The molecule has 0 amide bonds. The van der Waals surface area contributed by atoms with Crippen molar-refractivity contribution in [3.05, 3.63) is 28.7 Å². The molecule has 2 heterocycles. The van der Waals surface area contributed by atoms with Crippen LogP contribution in [0.15, 0.2) is 28.2 Å². The largest absolute Gasteiger partial charge is 0.366 e. The molecule has 0 aromatic carbocycles. The van der Waals surface area contributed by atoms with E-state index in [-0.39, 0.29) is 10.9 Å². The number of nitrogens with one attached hydrogen (secondary N) is 2. The van der Waals surface area contributed by atoms with E-state index < -0.39 is 15.5 Å². The average Bonchev–Trinajstić information content (AvgIpc) is 2.38. The predicted octanol–water partition coefficient (Wildman–Crippen LogP) is 0.137. The highest BCUT2D eigenvalue weighted by Crippen LogP contribution is 2.12. The summed E-state index contributed by atoms with van der Waals surface area (Å²) < 4.78 is 27.0. The van der Waals surface area contributed by atoms with E-state index in [2.05, 4.69) is 21.5 Å². The lowest BCUT2D eigenvalue weighted by molar-refractivity contribution is 0.211. The quantitative estimate of drug-likeness (QED) is 0.824. The second-order valence-electron chi connectivity index (χ2n) is 4.73. The normalized spacial score (nSPS) is 21.4. The molecule has 1 aliphatic rings. The summed E-state index contributed by atoms with van der Waals surface area (Å²) in [4.78, 5) is 16.2. The van der Waals surface area contributed by atoms with E-state index in [1.54, 1.807) is 0 Å². The maximum Gasteiger partial charge on any atom is 0.246 e. The van der Waals surface area contributed by atoms with Gasteiger partial charge in [-0.25, -0.2) is 13.1 Å². The highest BCUT2D eigenvalue weighted by Gasteiger charge is 2.25. The number of H-pyrrole nitrogens is 1. The van der Waals surface area contributed by atoms with Gasteiger partial charge in [-0.1, -0.05) is 6.92 Å². The van der Waals surface area contributed by atoms with Gasteiger partial charge in [0.25, 0.3) is 0 Å². The molecule has 1 saturated heterocycles. The lowest BCUT2D eigenvalue weighted by Gasteiger charge is -2.31. The van der Waals surface area contributed by atoms with Gasteiger partial charge in [-0.15, -0.1) is 0 Å². The Morgan fingerprint density at radius 1 is 1.53 bits per heavy atom. The molecule has 1 aromatic rings. The highest BCUT2D eigenvalue weighted by molar-refractivity contribution is 7.89. The van der Waals surface area contributed by atoms with Gasteiger partial charge in [0, 0.05) is 31.0 Å². The molecule has 1 aromatic heterocycles. The van der Waals surface area contributed by atoms with Crippen LogP contribution in [0.2, 0.25) is 0 Å². The SMILES string of the molecule is CCN1CCCC(NS(=O)(=O)c2c[nH]ccc2=O)C1. The van der Waals surface area contributed by atoms with Crippen molar-refractivity contribution in [2.75, 3.05) is 19.6 Å². The number of sulfonamides is 1. The van der Waals surface area contributed by atoms with Crippen molar-refractivity contribution in [2.24, 2.45) is 0 Å². The summed E-state index contributed by atoms with van der Waals surface area (Å²) in [5, 5.41) is 0. The molecular weight excluding hydrogens is 266 g/mol. The van der Waals surface area contributed by atoms with E-state index >= 15 is 0 Å². The summed E-state index contributed by atoms with van der Waals surface area (Å²) in [6.07, 6.45) is 4.42. The summed E-state index contributed by atoms with van der Waals surface area (Å²) >= 11 is 0. The Bertz CT molecular complexity index is 582. The Hall–Kier alpha value is -1.18. The maximum atomic E-state index is 12.2. The van der Waals surface area contributed by atoms with Crippen LogP contribution in [0.5, 0.6) is 0 Å². The summed E-state index contributed by atoms with van der Waals surface area (Å²) in [7, 11) is -3.74. The number of pyridine rings is 1. The molecule has 0 spiro atoms. The predicted molar refractivity (Wildman–Crippen MR) is 72.5 cm³/mol. The van der Waals surface area contributed by atoms with E-state index in [9.17, 15) is 13.2 Å². The van der Waals surface area contributed by atoms with Gasteiger partial charge in [-0.2, -0.15) is 0 Å². The molecule has 0 aliphatic carbocycles. The van der Waals surface area contributed by atoms with E-state index in [1.165, 1.54) is 18.5 Å². The van der Waals surface area contributed by atoms with Gasteiger partial charge in [0.05, 0.1) is 0 Å². The number of aromatic amines is 1. The lowest BCUT2D eigenvalue weighted by atomic mass is 10.1. The topological polar surface area (TPSA) is 82.3 Å². The molecule has 0 bridgehead atoms. The van der Waals surface area contributed by atoms with Crippen LogP contribution in [0, 0.1) is 0 Å². The Labute approximate surface area is 112 Å². The first-order valence-corrected chi connectivity index (χ1v) is 7.93. The van der Waals surface area contributed by atoms with Crippen molar-refractivity contribution in [3.63, 3.8) is 0 Å². The fourth-order valence-corrected chi connectivity index (χ4v) is 3.65. The Balaban J connectivity index is 2.14. The molecule has 2 N–H and O–H groups in total. The number of aromatic nitrogens is 1. The van der Waals surface area contributed by atoms with Crippen molar-refractivity contribution in [1.82, 2.24) is 14.6 Å². The van der Waals surface area contributed by atoms with Crippen molar-refractivity contribution in [1.29, 1.82) is 0 Å². The van der Waals surface area contributed by atoms with Gasteiger partial charge in [-0.3, -0.25) is 4.79 Å². The van der Waals surface area contributed by atoms with Gasteiger partial charge < -0.3 is 9.88 Å². The summed E-state index contributed by atoms with van der Waals surface area (Å²) in [5.74, 6) is 0. The van der Waals surface area contributed by atoms with Gasteiger partial charge in [-0.05, 0) is 25.9 Å². The minimum atomic E-state index is -3.74. The molecule has 1 aliphatic heterocycles. The van der Waals surface area contributed by atoms with Crippen molar-refractivity contribution >= 4 is 10.0 Å². The van der Waals surface area contributed by atoms with Crippen molar-refractivity contribution in [3.8, 4) is 0 Å². The minimum Gasteiger partial charge on any atom is -0.366 e. The number of nitrogens with zero attached hydrogens (tertiary/aromatic N) is 1. The average molecular weight is 285 g/mol. The zero-order chi connectivity index (χ0) is 13.9. The van der Waals surface area contributed by atoms with Crippen molar-refractivity contribution in [2.45, 2.75) is 30.7 Å². The van der Waals surface area contributed by atoms with Gasteiger partial charge >= 0.3 is 0 Å². The molecule has 106 valence electrons. The summed E-state index contributed by atoms with van der Waals surface area (Å²) in [6.45, 7) is 4.66. The monoisotopic (exact) mass is 285 g/mol. The zero-order valence-corrected chi connectivity index (χ0v) is 11.7. The lowest BCUT2D eigenvalue weighted by Crippen LogP contribution is -2.48. The minimum absolute atomic E-state index is 0.127. The van der Waals surface area contributed by atoms with E-state index in [1.807, 2.05) is 0 Å². The third-order valence-electron chi connectivity index (χ3n) is 3.35. The van der Waals surface area contributed by atoms with Crippen LogP contribution in [0.25, 0.3) is 0 Å². The molecule has 7 heteroatoms. The number of likely N-dealkylation sites (N-methyl/N-ethyl adjacent to an activating group) is 1.